The van der Waals surface area contributed by atoms with Crippen LogP contribution in [-0.4, -0.2) is 17.5 Å². The summed E-state index contributed by atoms with van der Waals surface area (Å²) in [5.41, 5.74) is 1.53. The molecule has 1 saturated carbocycles. The summed E-state index contributed by atoms with van der Waals surface area (Å²) in [7, 11) is 0. The van der Waals surface area contributed by atoms with Crippen molar-refractivity contribution >= 4 is 15.9 Å². The number of ether oxygens (including phenoxy) is 2. The van der Waals surface area contributed by atoms with Gasteiger partial charge in [0.25, 0.3) is 0 Å². The van der Waals surface area contributed by atoms with E-state index in [1.165, 1.54) is 18.4 Å². The molecule has 1 aromatic rings. The van der Waals surface area contributed by atoms with Gasteiger partial charge in [0.2, 0.25) is 0 Å². The van der Waals surface area contributed by atoms with E-state index in [-0.39, 0.29) is 5.60 Å². The summed E-state index contributed by atoms with van der Waals surface area (Å²) in [5, 5.41) is 1.03. The molecule has 0 aromatic heterocycles. The van der Waals surface area contributed by atoms with Crippen LogP contribution >= 0.6 is 15.9 Å². The average molecular weight is 311 g/mol. The molecule has 0 amide bonds. The third kappa shape index (κ3) is 2.25. The van der Waals surface area contributed by atoms with Gasteiger partial charge >= 0.3 is 0 Å². The molecule has 0 unspecified atom stereocenters. The van der Waals surface area contributed by atoms with Crippen molar-refractivity contribution in [1.29, 1.82) is 0 Å². The molecule has 0 bridgehead atoms. The zero-order valence-electron chi connectivity index (χ0n) is 11.0. The van der Waals surface area contributed by atoms with Crippen LogP contribution in [0.5, 0.6) is 11.5 Å². The average Bonchev–Trinajstić information content (AvgIpc) is 3.03. The van der Waals surface area contributed by atoms with Crippen LogP contribution in [0.15, 0.2) is 18.2 Å². The molecular weight excluding hydrogens is 292 g/mol. The second-order valence-electron chi connectivity index (χ2n) is 6.21. The van der Waals surface area contributed by atoms with Crippen molar-refractivity contribution in [1.82, 2.24) is 0 Å². The lowest BCUT2D eigenvalue weighted by Crippen LogP contribution is -2.24. The summed E-state index contributed by atoms with van der Waals surface area (Å²) in [4.78, 5) is 0. The first-order chi connectivity index (χ1) is 8.54. The Balaban J connectivity index is 1.76. The molecule has 1 aliphatic carbocycles. The summed E-state index contributed by atoms with van der Waals surface area (Å²) in [5.74, 6) is 1.86. The van der Waals surface area contributed by atoms with Crippen LogP contribution in [0, 0.1) is 5.41 Å². The van der Waals surface area contributed by atoms with Crippen LogP contribution in [0.4, 0.5) is 0 Å². The first kappa shape index (κ1) is 12.3. The van der Waals surface area contributed by atoms with Crippen LogP contribution in [0.25, 0.3) is 0 Å². The number of rotatable bonds is 4. The standard InChI is InChI=1S/C15H19BrO2/c1-14(2)8-11-4-3-5-12(13(11)18-14)17-10-15(9-16)6-7-15/h3-5H,6-10H2,1-2H3. The largest absolute Gasteiger partial charge is 0.489 e. The van der Waals surface area contributed by atoms with E-state index < -0.39 is 0 Å². The van der Waals surface area contributed by atoms with Gasteiger partial charge in [-0.1, -0.05) is 28.1 Å². The molecule has 2 aliphatic rings. The smallest absolute Gasteiger partial charge is 0.165 e. The number of halogens is 1. The predicted octanol–water partition coefficient (Wildman–Crippen LogP) is 3.95. The molecule has 0 spiro atoms. The molecule has 1 fully saturated rings. The van der Waals surface area contributed by atoms with E-state index in [9.17, 15) is 0 Å². The lowest BCUT2D eigenvalue weighted by molar-refractivity contribution is 0.130. The van der Waals surface area contributed by atoms with Crippen LogP contribution in [0.2, 0.25) is 0 Å². The minimum absolute atomic E-state index is 0.103. The number of hydrogen-bond donors (Lipinski definition) is 0. The molecule has 1 aromatic carbocycles. The highest BCUT2D eigenvalue weighted by Gasteiger charge is 2.43. The van der Waals surface area contributed by atoms with Crippen LogP contribution in [0.1, 0.15) is 32.3 Å². The van der Waals surface area contributed by atoms with E-state index in [0.29, 0.717) is 5.41 Å². The molecule has 0 saturated heterocycles. The highest BCUT2D eigenvalue weighted by atomic mass is 79.9. The number of para-hydroxylation sites is 1. The van der Waals surface area contributed by atoms with E-state index in [0.717, 1.165) is 29.9 Å². The maximum Gasteiger partial charge on any atom is 0.165 e. The Bertz CT molecular complexity index is 464. The molecule has 18 heavy (non-hydrogen) atoms. The molecule has 1 heterocycles. The topological polar surface area (TPSA) is 18.5 Å². The molecule has 0 radical (unpaired) electrons. The SMILES string of the molecule is CC1(C)Cc2cccc(OCC3(CBr)CC3)c2O1. The second kappa shape index (κ2) is 4.16. The van der Waals surface area contributed by atoms with Gasteiger partial charge in [0.1, 0.15) is 5.60 Å². The molecule has 1 aliphatic heterocycles. The Labute approximate surface area is 117 Å². The monoisotopic (exact) mass is 310 g/mol. The lowest BCUT2D eigenvalue weighted by atomic mass is 10.0. The summed E-state index contributed by atoms with van der Waals surface area (Å²) >= 11 is 3.58. The van der Waals surface area contributed by atoms with E-state index in [1.807, 2.05) is 6.07 Å². The van der Waals surface area contributed by atoms with Gasteiger partial charge in [0.05, 0.1) is 6.61 Å². The van der Waals surface area contributed by atoms with Crippen LogP contribution in [0.3, 0.4) is 0 Å². The summed E-state index contributed by atoms with van der Waals surface area (Å²) < 4.78 is 12.0. The van der Waals surface area contributed by atoms with E-state index >= 15 is 0 Å². The first-order valence-electron chi connectivity index (χ1n) is 6.53. The number of fused-ring (bicyclic) bond motifs is 1. The predicted molar refractivity (Wildman–Crippen MR) is 75.8 cm³/mol. The van der Waals surface area contributed by atoms with Gasteiger partial charge in [-0.25, -0.2) is 0 Å². The van der Waals surface area contributed by atoms with Crippen LogP contribution < -0.4 is 9.47 Å². The van der Waals surface area contributed by atoms with Crippen molar-refractivity contribution in [2.45, 2.75) is 38.7 Å². The highest BCUT2D eigenvalue weighted by Crippen LogP contribution is 2.48. The zero-order chi connectivity index (χ0) is 12.8. The number of benzene rings is 1. The van der Waals surface area contributed by atoms with Crippen LogP contribution in [-0.2, 0) is 6.42 Å². The van der Waals surface area contributed by atoms with Crippen molar-refractivity contribution in [2.75, 3.05) is 11.9 Å². The molecule has 3 heteroatoms. The molecule has 3 rings (SSSR count). The zero-order valence-corrected chi connectivity index (χ0v) is 12.5. The molecule has 0 atom stereocenters. The summed E-state index contributed by atoms with van der Waals surface area (Å²) in [6.07, 6.45) is 3.49. The third-order valence-electron chi connectivity index (χ3n) is 3.83. The fourth-order valence-corrected chi connectivity index (χ4v) is 3.15. The summed E-state index contributed by atoms with van der Waals surface area (Å²) in [6, 6.07) is 6.21. The van der Waals surface area contributed by atoms with Gasteiger partial charge in [-0.05, 0) is 32.8 Å². The minimum Gasteiger partial charge on any atom is -0.489 e. The van der Waals surface area contributed by atoms with E-state index in [2.05, 4.69) is 41.9 Å². The van der Waals surface area contributed by atoms with Crippen molar-refractivity contribution in [3.63, 3.8) is 0 Å². The molecule has 0 N–H and O–H groups in total. The van der Waals surface area contributed by atoms with Gasteiger partial charge in [0.15, 0.2) is 11.5 Å². The Kier molecular flexibility index (Phi) is 2.85. The maximum atomic E-state index is 6.01. The van der Waals surface area contributed by atoms with Crippen molar-refractivity contribution in [2.24, 2.45) is 5.41 Å². The van der Waals surface area contributed by atoms with Gasteiger partial charge in [-0.3, -0.25) is 0 Å². The number of hydrogen-bond acceptors (Lipinski definition) is 2. The van der Waals surface area contributed by atoms with Crippen molar-refractivity contribution in [3.8, 4) is 11.5 Å². The van der Waals surface area contributed by atoms with Gasteiger partial charge in [-0.2, -0.15) is 0 Å². The fraction of sp³-hybridized carbons (Fsp3) is 0.600. The Morgan fingerprint density at radius 2 is 2.11 bits per heavy atom. The Morgan fingerprint density at radius 1 is 1.33 bits per heavy atom. The minimum atomic E-state index is -0.103. The first-order valence-corrected chi connectivity index (χ1v) is 7.66. The lowest BCUT2D eigenvalue weighted by Gasteiger charge is -2.19. The summed E-state index contributed by atoms with van der Waals surface area (Å²) in [6.45, 7) is 5.04. The van der Waals surface area contributed by atoms with E-state index in [1.54, 1.807) is 0 Å². The number of alkyl halides is 1. The fourth-order valence-electron chi connectivity index (χ4n) is 2.43. The van der Waals surface area contributed by atoms with Gasteiger partial charge in [-0.15, -0.1) is 0 Å². The Hall–Kier alpha value is -0.700. The van der Waals surface area contributed by atoms with E-state index in [4.69, 9.17) is 9.47 Å². The molecule has 98 valence electrons. The maximum absolute atomic E-state index is 6.01. The van der Waals surface area contributed by atoms with Crippen molar-refractivity contribution in [3.05, 3.63) is 23.8 Å². The van der Waals surface area contributed by atoms with Gasteiger partial charge in [0, 0.05) is 22.7 Å². The third-order valence-corrected chi connectivity index (χ3v) is 5.02. The van der Waals surface area contributed by atoms with Gasteiger partial charge < -0.3 is 9.47 Å². The highest BCUT2D eigenvalue weighted by molar-refractivity contribution is 9.09. The van der Waals surface area contributed by atoms with Crippen molar-refractivity contribution < 1.29 is 9.47 Å². The molecule has 2 nitrogen and oxygen atoms in total. The second-order valence-corrected chi connectivity index (χ2v) is 6.77. The quantitative estimate of drug-likeness (QED) is 0.784. The molecular formula is C15H19BrO2. The Morgan fingerprint density at radius 3 is 2.78 bits per heavy atom. The normalized spacial score (nSPS) is 22.2.